The van der Waals surface area contributed by atoms with Gasteiger partial charge in [0.1, 0.15) is 17.3 Å². The normalized spacial score (nSPS) is 13.8. The van der Waals surface area contributed by atoms with Gasteiger partial charge in [0.2, 0.25) is 0 Å². The summed E-state index contributed by atoms with van der Waals surface area (Å²) >= 11 is 0. The summed E-state index contributed by atoms with van der Waals surface area (Å²) in [5.74, 6) is 1.82. The highest BCUT2D eigenvalue weighted by Crippen LogP contribution is 2.30. The van der Waals surface area contributed by atoms with Crippen LogP contribution in [0.3, 0.4) is 0 Å². The SMILES string of the molecule is O=C(c1cnc(Nc2ccccc2Oc2ccccc2)cn1)N1CCOCC1. The minimum Gasteiger partial charge on any atom is -0.455 e. The zero-order valence-corrected chi connectivity index (χ0v) is 15.2. The number of ether oxygens (including phenoxy) is 2. The van der Waals surface area contributed by atoms with Crippen LogP contribution in [0.4, 0.5) is 11.5 Å². The van der Waals surface area contributed by atoms with Gasteiger partial charge in [-0.25, -0.2) is 9.97 Å². The lowest BCUT2D eigenvalue weighted by Gasteiger charge is -2.26. The number of carbonyl (C=O) groups is 1. The fraction of sp³-hybridized carbons (Fsp3) is 0.190. The average molecular weight is 376 g/mol. The Morgan fingerprint density at radius 2 is 1.71 bits per heavy atom. The number of nitrogens with one attached hydrogen (secondary N) is 1. The molecule has 3 aromatic rings. The van der Waals surface area contributed by atoms with Crippen LogP contribution in [0.5, 0.6) is 11.5 Å². The molecule has 1 saturated heterocycles. The molecule has 1 aliphatic rings. The van der Waals surface area contributed by atoms with Crippen LogP contribution in [0.1, 0.15) is 10.5 Å². The van der Waals surface area contributed by atoms with Crippen molar-refractivity contribution >= 4 is 17.4 Å². The average Bonchev–Trinajstić information content (AvgIpc) is 2.76. The summed E-state index contributed by atoms with van der Waals surface area (Å²) in [6.07, 6.45) is 3.04. The van der Waals surface area contributed by atoms with E-state index in [4.69, 9.17) is 9.47 Å². The Kier molecular flexibility index (Phi) is 5.44. The molecule has 0 radical (unpaired) electrons. The largest absolute Gasteiger partial charge is 0.455 e. The van der Waals surface area contributed by atoms with E-state index >= 15 is 0 Å². The van der Waals surface area contributed by atoms with Gasteiger partial charge in [-0.05, 0) is 24.3 Å². The molecule has 0 spiro atoms. The van der Waals surface area contributed by atoms with E-state index in [0.29, 0.717) is 43.6 Å². The molecule has 2 aromatic carbocycles. The van der Waals surface area contributed by atoms with Gasteiger partial charge in [-0.15, -0.1) is 0 Å². The van der Waals surface area contributed by atoms with Crippen LogP contribution in [0.2, 0.25) is 0 Å². The van der Waals surface area contributed by atoms with E-state index in [1.807, 2.05) is 54.6 Å². The summed E-state index contributed by atoms with van der Waals surface area (Å²) in [6, 6.07) is 17.1. The van der Waals surface area contributed by atoms with Crippen LogP contribution in [-0.4, -0.2) is 47.1 Å². The number of para-hydroxylation sites is 3. The molecule has 1 aliphatic heterocycles. The van der Waals surface area contributed by atoms with Crippen LogP contribution < -0.4 is 10.1 Å². The quantitative estimate of drug-likeness (QED) is 0.735. The Labute approximate surface area is 163 Å². The van der Waals surface area contributed by atoms with E-state index in [-0.39, 0.29) is 5.91 Å². The summed E-state index contributed by atoms with van der Waals surface area (Å²) in [6.45, 7) is 2.25. The second-order valence-electron chi connectivity index (χ2n) is 6.23. The van der Waals surface area contributed by atoms with E-state index in [1.54, 1.807) is 11.1 Å². The predicted molar refractivity (Wildman–Crippen MR) is 105 cm³/mol. The number of morpholine rings is 1. The molecule has 142 valence electrons. The fourth-order valence-electron chi connectivity index (χ4n) is 2.84. The lowest BCUT2D eigenvalue weighted by molar-refractivity contribution is 0.0298. The van der Waals surface area contributed by atoms with Gasteiger partial charge in [0.05, 0.1) is 31.3 Å². The van der Waals surface area contributed by atoms with Crippen LogP contribution in [0.15, 0.2) is 67.0 Å². The smallest absolute Gasteiger partial charge is 0.274 e. The Morgan fingerprint density at radius 3 is 2.46 bits per heavy atom. The maximum absolute atomic E-state index is 12.5. The van der Waals surface area contributed by atoms with Crippen molar-refractivity contribution in [3.8, 4) is 11.5 Å². The number of amides is 1. The Balaban J connectivity index is 1.47. The minimum absolute atomic E-state index is 0.129. The van der Waals surface area contributed by atoms with Gasteiger partial charge in [-0.3, -0.25) is 4.79 Å². The van der Waals surface area contributed by atoms with E-state index < -0.39 is 0 Å². The van der Waals surface area contributed by atoms with Gasteiger partial charge < -0.3 is 19.7 Å². The molecule has 1 amide bonds. The molecule has 4 rings (SSSR count). The second kappa shape index (κ2) is 8.49. The number of hydrogen-bond donors (Lipinski definition) is 1. The Hall–Kier alpha value is -3.45. The third kappa shape index (κ3) is 4.27. The number of aromatic nitrogens is 2. The molecule has 28 heavy (non-hydrogen) atoms. The van der Waals surface area contributed by atoms with Crippen molar-refractivity contribution in [1.82, 2.24) is 14.9 Å². The molecule has 0 atom stereocenters. The molecular formula is C21H20N4O3. The second-order valence-corrected chi connectivity index (χ2v) is 6.23. The molecule has 0 aliphatic carbocycles. The summed E-state index contributed by atoms with van der Waals surface area (Å²) in [5.41, 5.74) is 1.08. The fourth-order valence-corrected chi connectivity index (χ4v) is 2.84. The zero-order valence-electron chi connectivity index (χ0n) is 15.2. The monoisotopic (exact) mass is 376 g/mol. The number of nitrogens with zero attached hydrogens (tertiary/aromatic N) is 3. The number of rotatable bonds is 5. The first kappa shape index (κ1) is 17.9. The Morgan fingerprint density at radius 1 is 0.964 bits per heavy atom. The molecule has 0 bridgehead atoms. The molecule has 7 heteroatoms. The van der Waals surface area contributed by atoms with Crippen molar-refractivity contribution in [3.05, 3.63) is 72.7 Å². The molecule has 0 saturated carbocycles. The van der Waals surface area contributed by atoms with Crippen molar-refractivity contribution in [2.45, 2.75) is 0 Å². The molecule has 0 unspecified atom stereocenters. The topological polar surface area (TPSA) is 76.6 Å². The predicted octanol–water partition coefficient (Wildman–Crippen LogP) is 3.48. The highest BCUT2D eigenvalue weighted by atomic mass is 16.5. The number of benzene rings is 2. The van der Waals surface area contributed by atoms with Crippen molar-refractivity contribution in [1.29, 1.82) is 0 Å². The van der Waals surface area contributed by atoms with Crippen LogP contribution in [0, 0.1) is 0 Å². The highest BCUT2D eigenvalue weighted by Gasteiger charge is 2.19. The van der Waals surface area contributed by atoms with Crippen molar-refractivity contribution in [2.75, 3.05) is 31.6 Å². The molecule has 1 fully saturated rings. The maximum atomic E-state index is 12.5. The lowest BCUT2D eigenvalue weighted by Crippen LogP contribution is -2.41. The summed E-state index contributed by atoms with van der Waals surface area (Å²) in [5, 5.41) is 3.19. The van der Waals surface area contributed by atoms with Crippen molar-refractivity contribution < 1.29 is 14.3 Å². The molecule has 1 aromatic heterocycles. The van der Waals surface area contributed by atoms with Gasteiger partial charge >= 0.3 is 0 Å². The van der Waals surface area contributed by atoms with Gasteiger partial charge in [0.25, 0.3) is 5.91 Å². The number of hydrogen-bond acceptors (Lipinski definition) is 6. The third-order valence-corrected chi connectivity index (χ3v) is 4.29. The van der Waals surface area contributed by atoms with E-state index in [0.717, 1.165) is 11.4 Å². The first-order chi connectivity index (χ1) is 13.8. The first-order valence-electron chi connectivity index (χ1n) is 9.07. The number of anilines is 2. The van der Waals surface area contributed by atoms with Gasteiger partial charge in [0, 0.05) is 13.1 Å². The summed E-state index contributed by atoms with van der Waals surface area (Å²) < 4.78 is 11.2. The van der Waals surface area contributed by atoms with E-state index in [2.05, 4.69) is 15.3 Å². The zero-order chi connectivity index (χ0) is 19.2. The van der Waals surface area contributed by atoms with Crippen LogP contribution in [-0.2, 0) is 4.74 Å². The molecular weight excluding hydrogens is 356 g/mol. The van der Waals surface area contributed by atoms with Gasteiger partial charge in [-0.1, -0.05) is 30.3 Å². The summed E-state index contributed by atoms with van der Waals surface area (Å²) in [4.78, 5) is 22.8. The standard InChI is InChI=1S/C21H20N4O3/c26-21(25-10-12-27-13-11-25)18-14-23-20(15-22-18)24-17-8-4-5-9-19(17)28-16-6-2-1-3-7-16/h1-9,14-15H,10-13H2,(H,23,24). The molecule has 1 N–H and O–H groups in total. The van der Waals surface area contributed by atoms with E-state index in [1.165, 1.54) is 6.20 Å². The van der Waals surface area contributed by atoms with Gasteiger partial charge in [-0.2, -0.15) is 0 Å². The minimum atomic E-state index is -0.129. The Bertz CT molecular complexity index is 926. The maximum Gasteiger partial charge on any atom is 0.274 e. The summed E-state index contributed by atoms with van der Waals surface area (Å²) in [7, 11) is 0. The number of carbonyl (C=O) groups excluding carboxylic acids is 1. The first-order valence-corrected chi connectivity index (χ1v) is 9.07. The van der Waals surface area contributed by atoms with Crippen LogP contribution >= 0.6 is 0 Å². The van der Waals surface area contributed by atoms with Crippen molar-refractivity contribution in [3.63, 3.8) is 0 Å². The van der Waals surface area contributed by atoms with Crippen molar-refractivity contribution in [2.24, 2.45) is 0 Å². The van der Waals surface area contributed by atoms with Gasteiger partial charge in [0.15, 0.2) is 5.75 Å². The van der Waals surface area contributed by atoms with Crippen LogP contribution in [0.25, 0.3) is 0 Å². The lowest BCUT2D eigenvalue weighted by atomic mass is 10.3. The molecule has 2 heterocycles. The third-order valence-electron chi connectivity index (χ3n) is 4.29. The molecule has 7 nitrogen and oxygen atoms in total. The highest BCUT2D eigenvalue weighted by molar-refractivity contribution is 5.92. The van der Waals surface area contributed by atoms with E-state index in [9.17, 15) is 4.79 Å².